The Bertz CT molecular complexity index is 911. The highest BCUT2D eigenvalue weighted by molar-refractivity contribution is 5.79. The SMILES string of the molecule is N#Cc1ccc(N2CCN(CC(=O)NCCC(=O)OCc3ccccc3)CC2O)cc1. The van der Waals surface area contributed by atoms with E-state index in [1.807, 2.05) is 40.1 Å². The van der Waals surface area contributed by atoms with Gasteiger partial charge in [0.15, 0.2) is 0 Å². The topological polar surface area (TPSA) is 106 Å². The predicted octanol–water partition coefficient (Wildman–Crippen LogP) is 1.25. The number of nitrogens with zero attached hydrogens (tertiary/aromatic N) is 3. The van der Waals surface area contributed by atoms with Crippen LogP contribution in [0.25, 0.3) is 0 Å². The number of ether oxygens (including phenoxy) is 1. The lowest BCUT2D eigenvalue weighted by molar-refractivity contribution is -0.144. The molecule has 1 unspecified atom stereocenters. The van der Waals surface area contributed by atoms with Gasteiger partial charge in [-0.15, -0.1) is 0 Å². The first-order valence-electron chi connectivity index (χ1n) is 10.2. The standard InChI is InChI=1S/C23H26N4O4/c24-14-18-6-8-20(9-7-18)27-13-12-26(16-22(27)29)15-21(28)25-11-10-23(30)31-17-19-4-2-1-3-5-19/h1-9,22,29H,10-13,15-17H2,(H,25,28). The molecule has 0 bridgehead atoms. The highest BCUT2D eigenvalue weighted by Crippen LogP contribution is 2.20. The molecule has 1 aliphatic heterocycles. The van der Waals surface area contributed by atoms with E-state index >= 15 is 0 Å². The van der Waals surface area contributed by atoms with Crippen LogP contribution < -0.4 is 10.2 Å². The number of hydrogen-bond acceptors (Lipinski definition) is 7. The van der Waals surface area contributed by atoms with Crippen LogP contribution in [0.5, 0.6) is 0 Å². The molecule has 0 aromatic heterocycles. The molecule has 0 aliphatic carbocycles. The summed E-state index contributed by atoms with van der Waals surface area (Å²) < 4.78 is 5.19. The van der Waals surface area contributed by atoms with E-state index in [1.54, 1.807) is 24.3 Å². The third kappa shape index (κ3) is 6.81. The van der Waals surface area contributed by atoms with E-state index in [9.17, 15) is 14.7 Å². The minimum Gasteiger partial charge on any atom is -0.461 e. The molecule has 1 amide bonds. The Balaban J connectivity index is 1.34. The maximum Gasteiger partial charge on any atom is 0.307 e. The van der Waals surface area contributed by atoms with Crippen LogP contribution in [0.3, 0.4) is 0 Å². The zero-order valence-electron chi connectivity index (χ0n) is 17.2. The molecule has 1 saturated heterocycles. The van der Waals surface area contributed by atoms with E-state index in [2.05, 4.69) is 11.4 Å². The van der Waals surface area contributed by atoms with E-state index in [0.29, 0.717) is 25.2 Å². The fourth-order valence-corrected chi connectivity index (χ4v) is 3.36. The number of nitriles is 1. The Morgan fingerprint density at radius 1 is 1.13 bits per heavy atom. The van der Waals surface area contributed by atoms with E-state index in [-0.39, 0.29) is 38.0 Å². The van der Waals surface area contributed by atoms with E-state index in [1.165, 1.54) is 0 Å². The van der Waals surface area contributed by atoms with Gasteiger partial charge in [-0.1, -0.05) is 30.3 Å². The van der Waals surface area contributed by atoms with Gasteiger partial charge in [0.05, 0.1) is 24.6 Å². The third-order valence-electron chi connectivity index (χ3n) is 5.03. The van der Waals surface area contributed by atoms with Gasteiger partial charge in [0.25, 0.3) is 0 Å². The Morgan fingerprint density at radius 3 is 2.55 bits per heavy atom. The number of benzene rings is 2. The maximum absolute atomic E-state index is 12.2. The summed E-state index contributed by atoms with van der Waals surface area (Å²) in [7, 11) is 0. The average molecular weight is 422 g/mol. The molecule has 0 radical (unpaired) electrons. The van der Waals surface area contributed by atoms with Crippen molar-refractivity contribution in [2.45, 2.75) is 19.3 Å². The number of carbonyl (C=O) groups excluding carboxylic acids is 2. The predicted molar refractivity (Wildman–Crippen MR) is 115 cm³/mol. The molecule has 31 heavy (non-hydrogen) atoms. The first-order valence-corrected chi connectivity index (χ1v) is 10.2. The second kappa shape index (κ2) is 11.1. The van der Waals surface area contributed by atoms with Gasteiger partial charge in [0, 0.05) is 31.9 Å². The Labute approximate surface area is 181 Å². The van der Waals surface area contributed by atoms with E-state index < -0.39 is 6.23 Å². The Hall–Kier alpha value is -3.41. The molecule has 2 N–H and O–H groups in total. The van der Waals surface area contributed by atoms with Gasteiger partial charge >= 0.3 is 5.97 Å². The van der Waals surface area contributed by atoms with Crippen LogP contribution in [0, 0.1) is 11.3 Å². The molecule has 3 rings (SSSR count). The van der Waals surface area contributed by atoms with Crippen LogP contribution in [-0.2, 0) is 20.9 Å². The van der Waals surface area contributed by atoms with E-state index in [0.717, 1.165) is 11.3 Å². The van der Waals surface area contributed by atoms with E-state index in [4.69, 9.17) is 10.00 Å². The molecule has 1 aliphatic rings. The van der Waals surface area contributed by atoms with Crippen molar-refractivity contribution in [3.8, 4) is 6.07 Å². The lowest BCUT2D eigenvalue weighted by Gasteiger charge is -2.39. The van der Waals surface area contributed by atoms with Crippen LogP contribution in [0.4, 0.5) is 5.69 Å². The lowest BCUT2D eigenvalue weighted by Crippen LogP contribution is -2.55. The van der Waals surface area contributed by atoms with Gasteiger partial charge in [-0.3, -0.25) is 14.5 Å². The van der Waals surface area contributed by atoms with Crippen molar-refractivity contribution in [3.05, 3.63) is 65.7 Å². The normalized spacial score (nSPS) is 16.4. The molecular formula is C23H26N4O4. The van der Waals surface area contributed by atoms with Gasteiger partial charge in [-0.25, -0.2) is 0 Å². The zero-order chi connectivity index (χ0) is 22.1. The first kappa shape index (κ1) is 22.3. The average Bonchev–Trinajstić information content (AvgIpc) is 2.78. The second-order valence-corrected chi connectivity index (χ2v) is 7.31. The summed E-state index contributed by atoms with van der Waals surface area (Å²) in [5, 5.41) is 22.1. The fourth-order valence-electron chi connectivity index (χ4n) is 3.36. The number of hydrogen-bond donors (Lipinski definition) is 2. The maximum atomic E-state index is 12.2. The summed E-state index contributed by atoms with van der Waals surface area (Å²) in [4.78, 5) is 27.7. The van der Waals surface area contributed by atoms with Gasteiger partial charge in [-0.2, -0.15) is 5.26 Å². The molecule has 8 heteroatoms. The second-order valence-electron chi connectivity index (χ2n) is 7.31. The van der Waals surface area contributed by atoms with Gasteiger partial charge in [0.2, 0.25) is 5.91 Å². The van der Waals surface area contributed by atoms with Gasteiger partial charge < -0.3 is 20.1 Å². The Kier molecular flexibility index (Phi) is 7.98. The summed E-state index contributed by atoms with van der Waals surface area (Å²) in [6, 6.07) is 18.5. The molecule has 1 fully saturated rings. The molecule has 0 spiro atoms. The largest absolute Gasteiger partial charge is 0.461 e. The summed E-state index contributed by atoms with van der Waals surface area (Å²) >= 11 is 0. The number of piperazine rings is 1. The van der Waals surface area contributed by atoms with Crippen molar-refractivity contribution >= 4 is 17.6 Å². The first-order chi connectivity index (χ1) is 15.0. The minimum absolute atomic E-state index is 0.105. The summed E-state index contributed by atoms with van der Waals surface area (Å²) in [6.07, 6.45) is -0.643. The summed E-state index contributed by atoms with van der Waals surface area (Å²) in [5.74, 6) is -0.564. The molecule has 162 valence electrons. The van der Waals surface area contributed by atoms with Crippen LogP contribution in [0.2, 0.25) is 0 Å². The van der Waals surface area contributed by atoms with Gasteiger partial charge in [-0.05, 0) is 29.8 Å². The number of anilines is 1. The number of aliphatic hydroxyl groups is 1. The molecular weight excluding hydrogens is 396 g/mol. The molecule has 2 aromatic rings. The lowest BCUT2D eigenvalue weighted by atomic mass is 10.2. The fraction of sp³-hybridized carbons (Fsp3) is 0.348. The van der Waals surface area contributed by atoms with Crippen molar-refractivity contribution in [1.82, 2.24) is 10.2 Å². The van der Waals surface area contributed by atoms with Crippen molar-refractivity contribution in [3.63, 3.8) is 0 Å². The van der Waals surface area contributed by atoms with Crippen molar-refractivity contribution in [1.29, 1.82) is 5.26 Å². The number of esters is 1. The molecule has 0 saturated carbocycles. The summed E-state index contributed by atoms with van der Waals surface area (Å²) in [6.45, 7) is 2.08. The molecule has 2 aromatic carbocycles. The quantitative estimate of drug-likeness (QED) is 0.617. The van der Waals surface area contributed by atoms with Crippen LogP contribution in [-0.4, -0.2) is 60.8 Å². The van der Waals surface area contributed by atoms with Crippen molar-refractivity contribution in [2.75, 3.05) is 37.6 Å². The molecule has 8 nitrogen and oxygen atoms in total. The summed E-state index contributed by atoms with van der Waals surface area (Å²) in [5.41, 5.74) is 2.32. The zero-order valence-corrected chi connectivity index (χ0v) is 17.2. The monoisotopic (exact) mass is 422 g/mol. The third-order valence-corrected chi connectivity index (χ3v) is 5.03. The molecule has 1 atom stereocenters. The van der Waals surface area contributed by atoms with Crippen molar-refractivity contribution < 1.29 is 19.4 Å². The smallest absolute Gasteiger partial charge is 0.307 e. The minimum atomic E-state index is -0.748. The Morgan fingerprint density at radius 2 is 1.87 bits per heavy atom. The van der Waals surface area contributed by atoms with Crippen LogP contribution >= 0.6 is 0 Å². The number of nitrogens with one attached hydrogen (secondary N) is 1. The number of amides is 1. The van der Waals surface area contributed by atoms with Crippen molar-refractivity contribution in [2.24, 2.45) is 0 Å². The van der Waals surface area contributed by atoms with Crippen LogP contribution in [0.15, 0.2) is 54.6 Å². The highest BCUT2D eigenvalue weighted by atomic mass is 16.5. The van der Waals surface area contributed by atoms with Gasteiger partial charge in [0.1, 0.15) is 12.8 Å². The van der Waals surface area contributed by atoms with Crippen LogP contribution in [0.1, 0.15) is 17.5 Å². The molecule has 1 heterocycles. The number of aliphatic hydroxyl groups excluding tert-OH is 1. The number of β-amino-alcohol motifs (C(OH)–C–C–N with tert-alkyl or cyclic N) is 1. The number of carbonyl (C=O) groups is 2. The number of rotatable bonds is 8. The highest BCUT2D eigenvalue weighted by Gasteiger charge is 2.26.